The van der Waals surface area contributed by atoms with Gasteiger partial charge < -0.3 is 4.74 Å². The summed E-state index contributed by atoms with van der Waals surface area (Å²) in [4.78, 5) is 8.47. The van der Waals surface area contributed by atoms with E-state index in [1.165, 1.54) is 12.1 Å². The van der Waals surface area contributed by atoms with Gasteiger partial charge in [-0.1, -0.05) is 25.2 Å². The number of hydrogen-bond donors (Lipinski definition) is 0. The van der Waals surface area contributed by atoms with Gasteiger partial charge in [0, 0.05) is 24.4 Å². The minimum atomic E-state index is -2.83. The van der Waals surface area contributed by atoms with Gasteiger partial charge in [-0.15, -0.1) is 0 Å². The number of rotatable bonds is 5. The number of alkyl halides is 2. The lowest BCUT2D eigenvalue weighted by Gasteiger charge is -2.05. The number of halogens is 2. The first-order valence-corrected chi connectivity index (χ1v) is 7.05. The van der Waals surface area contributed by atoms with Crippen LogP contribution in [0.1, 0.15) is 31.7 Å². The second-order valence-corrected chi connectivity index (χ2v) is 4.60. The maximum Gasteiger partial charge on any atom is 0.387 e. The molecule has 0 radical (unpaired) electrons. The molecular weight excluding hydrogens is 286 g/mol. The summed E-state index contributed by atoms with van der Waals surface area (Å²) in [6.45, 7) is -0.704. The first-order chi connectivity index (χ1) is 10.7. The Hall–Kier alpha value is -2.48. The highest BCUT2D eigenvalue weighted by Gasteiger charge is 2.05. The maximum absolute atomic E-state index is 12.1. The van der Waals surface area contributed by atoms with Crippen molar-refractivity contribution in [2.24, 2.45) is 0 Å². The van der Waals surface area contributed by atoms with Crippen LogP contribution in [0, 0.1) is 11.8 Å². The summed E-state index contributed by atoms with van der Waals surface area (Å²) >= 11 is 0. The van der Waals surface area contributed by atoms with Crippen LogP contribution in [0.2, 0.25) is 0 Å². The Bertz CT molecular complexity index is 643. The Balaban J connectivity index is 2.04. The van der Waals surface area contributed by atoms with Crippen molar-refractivity contribution < 1.29 is 13.5 Å². The smallest absolute Gasteiger partial charge is 0.387 e. The fourth-order valence-electron chi connectivity index (χ4n) is 1.76. The van der Waals surface area contributed by atoms with Crippen molar-refractivity contribution in [3.05, 3.63) is 42.2 Å². The summed E-state index contributed by atoms with van der Waals surface area (Å²) in [6.07, 6.45) is 6.38. The summed E-state index contributed by atoms with van der Waals surface area (Å²) in [7, 11) is 0. The number of benzene rings is 1. The minimum Gasteiger partial charge on any atom is -0.435 e. The molecule has 0 aliphatic heterocycles. The molecule has 0 atom stereocenters. The zero-order valence-electron chi connectivity index (χ0n) is 12.2. The molecule has 3 nitrogen and oxygen atoms in total. The fraction of sp³-hybridized carbons (Fsp3) is 0.294. The van der Waals surface area contributed by atoms with Crippen molar-refractivity contribution >= 4 is 0 Å². The van der Waals surface area contributed by atoms with Gasteiger partial charge >= 0.3 is 6.61 Å². The molecule has 0 aliphatic carbocycles. The number of hydrogen-bond acceptors (Lipinski definition) is 3. The molecule has 0 aliphatic rings. The van der Waals surface area contributed by atoms with Crippen LogP contribution in [0.15, 0.2) is 36.7 Å². The van der Waals surface area contributed by atoms with Crippen molar-refractivity contribution in [1.82, 2.24) is 9.97 Å². The van der Waals surface area contributed by atoms with Gasteiger partial charge in [-0.3, -0.25) is 0 Å². The summed E-state index contributed by atoms with van der Waals surface area (Å²) in [5, 5.41) is 0. The van der Waals surface area contributed by atoms with Gasteiger partial charge in [-0.05, 0) is 30.7 Å². The highest BCUT2D eigenvalue weighted by Crippen LogP contribution is 2.20. The molecule has 114 valence electrons. The van der Waals surface area contributed by atoms with Gasteiger partial charge in [-0.2, -0.15) is 8.78 Å². The lowest BCUT2D eigenvalue weighted by atomic mass is 10.2. The van der Waals surface area contributed by atoms with Crippen molar-refractivity contribution in [2.75, 3.05) is 0 Å². The lowest BCUT2D eigenvalue weighted by Crippen LogP contribution is -2.01. The van der Waals surface area contributed by atoms with E-state index in [4.69, 9.17) is 0 Å². The average molecular weight is 302 g/mol. The largest absolute Gasteiger partial charge is 0.435 e. The van der Waals surface area contributed by atoms with E-state index in [2.05, 4.69) is 33.5 Å². The van der Waals surface area contributed by atoms with E-state index in [0.717, 1.165) is 30.4 Å². The van der Waals surface area contributed by atoms with E-state index < -0.39 is 6.61 Å². The molecule has 1 aromatic carbocycles. The van der Waals surface area contributed by atoms with E-state index in [9.17, 15) is 8.78 Å². The van der Waals surface area contributed by atoms with Crippen LogP contribution in [0.5, 0.6) is 5.75 Å². The van der Waals surface area contributed by atoms with Crippen molar-refractivity contribution in [3.8, 4) is 29.0 Å². The molecule has 0 N–H and O–H groups in total. The summed E-state index contributed by atoms with van der Waals surface area (Å²) in [6, 6.07) is 6.20. The SMILES string of the molecule is CCCCC#Cc1cnc(-c2ccc(OC(F)F)cc2)nc1. The van der Waals surface area contributed by atoms with Gasteiger partial charge in [-0.25, -0.2) is 9.97 Å². The maximum atomic E-state index is 12.1. The molecule has 0 spiro atoms. The zero-order valence-corrected chi connectivity index (χ0v) is 12.2. The quantitative estimate of drug-likeness (QED) is 0.610. The monoisotopic (exact) mass is 302 g/mol. The lowest BCUT2D eigenvalue weighted by molar-refractivity contribution is -0.0498. The minimum absolute atomic E-state index is 0.108. The van der Waals surface area contributed by atoms with Crippen LogP contribution in [0.25, 0.3) is 11.4 Å². The molecule has 0 saturated carbocycles. The van der Waals surface area contributed by atoms with E-state index >= 15 is 0 Å². The highest BCUT2D eigenvalue weighted by molar-refractivity contribution is 5.56. The molecule has 1 aromatic heterocycles. The Labute approximate surface area is 128 Å². The van der Waals surface area contributed by atoms with E-state index in [0.29, 0.717) is 5.82 Å². The summed E-state index contributed by atoms with van der Waals surface area (Å²) < 4.78 is 28.5. The summed E-state index contributed by atoms with van der Waals surface area (Å²) in [5.41, 5.74) is 1.49. The molecule has 2 aromatic rings. The third kappa shape index (κ3) is 4.81. The molecule has 0 bridgehead atoms. The van der Waals surface area contributed by atoms with Crippen LogP contribution < -0.4 is 4.74 Å². The third-order valence-electron chi connectivity index (χ3n) is 2.88. The standard InChI is InChI=1S/C17H16F2N2O/c1-2-3-4-5-6-13-11-20-16(21-12-13)14-7-9-15(10-8-14)22-17(18)19/h7-12,17H,2-4H2,1H3. The number of nitrogens with zero attached hydrogens (tertiary/aromatic N) is 2. The predicted octanol–water partition coefficient (Wildman–Crippen LogP) is 4.29. The topological polar surface area (TPSA) is 35.0 Å². The molecular formula is C17H16F2N2O. The van der Waals surface area contributed by atoms with Gasteiger partial charge in [0.1, 0.15) is 5.75 Å². The number of ether oxygens (including phenoxy) is 1. The molecule has 0 saturated heterocycles. The molecule has 1 heterocycles. The number of unbranched alkanes of at least 4 members (excludes halogenated alkanes) is 2. The Morgan fingerprint density at radius 2 is 1.82 bits per heavy atom. The Kier molecular flexibility index (Phi) is 5.84. The normalized spacial score (nSPS) is 10.2. The van der Waals surface area contributed by atoms with Gasteiger partial charge in [0.2, 0.25) is 0 Å². The van der Waals surface area contributed by atoms with E-state index in [-0.39, 0.29) is 5.75 Å². The first kappa shape index (κ1) is 15.9. The first-order valence-electron chi connectivity index (χ1n) is 7.05. The zero-order chi connectivity index (χ0) is 15.8. The second-order valence-electron chi connectivity index (χ2n) is 4.60. The van der Waals surface area contributed by atoms with Crippen LogP contribution in [-0.4, -0.2) is 16.6 Å². The molecule has 0 unspecified atom stereocenters. The average Bonchev–Trinajstić information content (AvgIpc) is 2.52. The van der Waals surface area contributed by atoms with Gasteiger partial charge in [0.05, 0.1) is 5.56 Å². The summed E-state index contributed by atoms with van der Waals surface area (Å²) in [5.74, 6) is 6.71. The van der Waals surface area contributed by atoms with Crippen molar-refractivity contribution in [3.63, 3.8) is 0 Å². The van der Waals surface area contributed by atoms with Gasteiger partial charge in [0.15, 0.2) is 5.82 Å². The van der Waals surface area contributed by atoms with Crippen LogP contribution in [-0.2, 0) is 0 Å². The molecule has 22 heavy (non-hydrogen) atoms. The van der Waals surface area contributed by atoms with Gasteiger partial charge in [0.25, 0.3) is 0 Å². The number of aromatic nitrogens is 2. The second kappa shape index (κ2) is 8.08. The van der Waals surface area contributed by atoms with Crippen molar-refractivity contribution in [1.29, 1.82) is 0 Å². The van der Waals surface area contributed by atoms with Crippen LogP contribution in [0.4, 0.5) is 8.78 Å². The third-order valence-corrected chi connectivity index (χ3v) is 2.88. The van der Waals surface area contributed by atoms with Crippen LogP contribution in [0.3, 0.4) is 0 Å². The van der Waals surface area contributed by atoms with Crippen LogP contribution >= 0.6 is 0 Å². The van der Waals surface area contributed by atoms with Crippen molar-refractivity contribution in [2.45, 2.75) is 32.8 Å². The highest BCUT2D eigenvalue weighted by atomic mass is 19.3. The fourth-order valence-corrected chi connectivity index (χ4v) is 1.76. The predicted molar refractivity (Wildman–Crippen MR) is 80.5 cm³/mol. The van der Waals surface area contributed by atoms with E-state index in [1.807, 2.05) is 0 Å². The molecule has 5 heteroatoms. The Morgan fingerprint density at radius 1 is 1.14 bits per heavy atom. The molecule has 0 amide bonds. The Morgan fingerprint density at radius 3 is 2.41 bits per heavy atom. The molecule has 0 fully saturated rings. The molecule has 2 rings (SSSR count). The van der Waals surface area contributed by atoms with E-state index in [1.54, 1.807) is 24.5 Å².